The summed E-state index contributed by atoms with van der Waals surface area (Å²) in [5.74, 6) is 0. The van der Waals surface area contributed by atoms with Gasteiger partial charge in [0.15, 0.2) is 0 Å². The van der Waals surface area contributed by atoms with Crippen molar-refractivity contribution < 1.29 is 5.11 Å². The van der Waals surface area contributed by atoms with E-state index < -0.39 is 0 Å². The molecule has 0 heterocycles. The fraction of sp³-hybridized carbons (Fsp3) is 1.00. The van der Waals surface area contributed by atoms with Crippen molar-refractivity contribution in [3.63, 3.8) is 0 Å². The first-order chi connectivity index (χ1) is 2.41. The Morgan fingerprint density at radius 3 is 2.00 bits per heavy atom. The Bertz CT molecular complexity index is 16.3. The van der Waals surface area contributed by atoms with Crippen molar-refractivity contribution in [3.8, 4) is 0 Å². The van der Waals surface area contributed by atoms with Crippen LogP contribution in [0, 0.1) is 0 Å². The smallest absolute Gasteiger partial charge is 0.0443 e. The zero-order valence-corrected chi connectivity index (χ0v) is 3.85. The van der Waals surface area contributed by atoms with Gasteiger partial charge in [-0.25, -0.2) is 0 Å². The molecule has 0 atom stereocenters. The molecule has 0 spiro atoms. The van der Waals surface area contributed by atoms with Gasteiger partial charge >= 0.3 is 0 Å². The topological polar surface area (TPSA) is 81.2 Å². The van der Waals surface area contributed by atoms with Gasteiger partial charge in [0.2, 0.25) is 0 Å². The highest BCUT2D eigenvalue weighted by Crippen LogP contribution is 1.62. The zero-order valence-electron chi connectivity index (χ0n) is 3.85. The van der Waals surface area contributed by atoms with E-state index >= 15 is 0 Å². The Morgan fingerprint density at radius 1 is 1.50 bits per heavy atom. The summed E-state index contributed by atoms with van der Waals surface area (Å²) < 4.78 is 0. The van der Waals surface area contributed by atoms with E-state index in [4.69, 9.17) is 10.8 Å². The van der Waals surface area contributed by atoms with Crippen LogP contribution in [0.5, 0.6) is 0 Å². The standard InChI is InChI=1S/C3H9NO.H3N/c4-2-1-3-5;/h5H,1-4H2;1H3. The van der Waals surface area contributed by atoms with E-state index in [1.54, 1.807) is 0 Å². The summed E-state index contributed by atoms with van der Waals surface area (Å²) in [6.07, 6.45) is 0.722. The molecular weight excluding hydrogens is 80.0 g/mol. The number of hydrogen-bond acceptors (Lipinski definition) is 3. The third kappa shape index (κ3) is 9.11. The monoisotopic (exact) mass is 92.1 g/mol. The largest absolute Gasteiger partial charge is 0.396 e. The number of rotatable bonds is 2. The molecule has 6 N–H and O–H groups in total. The van der Waals surface area contributed by atoms with Gasteiger partial charge < -0.3 is 17.0 Å². The Kier molecular flexibility index (Phi) is 13.7. The average molecular weight is 92.1 g/mol. The van der Waals surface area contributed by atoms with Crippen LogP contribution in [-0.4, -0.2) is 18.3 Å². The van der Waals surface area contributed by atoms with Gasteiger partial charge in [-0.15, -0.1) is 0 Å². The highest BCUT2D eigenvalue weighted by molar-refractivity contribution is 4.28. The molecule has 0 aromatic carbocycles. The van der Waals surface area contributed by atoms with Crippen LogP contribution < -0.4 is 11.9 Å². The van der Waals surface area contributed by atoms with E-state index in [0.29, 0.717) is 6.54 Å². The second kappa shape index (κ2) is 8.86. The van der Waals surface area contributed by atoms with Crippen molar-refractivity contribution in [2.75, 3.05) is 13.2 Å². The highest BCUT2D eigenvalue weighted by Gasteiger charge is 1.69. The molecule has 0 saturated heterocycles. The van der Waals surface area contributed by atoms with Crippen molar-refractivity contribution in [2.24, 2.45) is 5.73 Å². The summed E-state index contributed by atoms with van der Waals surface area (Å²) in [7, 11) is 0. The molecule has 0 aliphatic heterocycles. The minimum atomic E-state index is 0. The first kappa shape index (κ1) is 9.30. The second-order valence-corrected chi connectivity index (χ2v) is 0.866. The van der Waals surface area contributed by atoms with E-state index in [-0.39, 0.29) is 12.8 Å². The Hall–Kier alpha value is -0.120. The molecule has 0 aromatic heterocycles. The summed E-state index contributed by atoms with van der Waals surface area (Å²) in [6, 6.07) is 0. The number of aliphatic hydroxyl groups is 1. The molecule has 0 radical (unpaired) electrons. The van der Waals surface area contributed by atoms with Gasteiger partial charge in [0.25, 0.3) is 0 Å². The van der Waals surface area contributed by atoms with Gasteiger partial charge in [-0.2, -0.15) is 0 Å². The summed E-state index contributed by atoms with van der Waals surface area (Å²) in [6.45, 7) is 0.812. The highest BCUT2D eigenvalue weighted by atomic mass is 16.2. The third-order valence-corrected chi connectivity index (χ3v) is 0.362. The van der Waals surface area contributed by atoms with E-state index in [1.807, 2.05) is 0 Å². The predicted molar refractivity (Wildman–Crippen MR) is 25.8 cm³/mol. The Balaban J connectivity index is 0. The van der Waals surface area contributed by atoms with Gasteiger partial charge in [-0.1, -0.05) is 0 Å². The maximum absolute atomic E-state index is 7.99. The third-order valence-electron chi connectivity index (χ3n) is 0.362. The van der Waals surface area contributed by atoms with Gasteiger partial charge in [0.05, 0.1) is 0 Å². The SMILES string of the molecule is N.NCCCO. The molecule has 0 rings (SSSR count). The van der Waals surface area contributed by atoms with Crippen LogP contribution in [-0.2, 0) is 0 Å². The van der Waals surface area contributed by atoms with Crippen LogP contribution >= 0.6 is 0 Å². The second-order valence-electron chi connectivity index (χ2n) is 0.866. The molecule has 3 nitrogen and oxygen atoms in total. The first-order valence-corrected chi connectivity index (χ1v) is 1.72. The van der Waals surface area contributed by atoms with Crippen LogP contribution in [0.4, 0.5) is 0 Å². The molecule has 40 valence electrons. The molecule has 0 fully saturated rings. The van der Waals surface area contributed by atoms with Gasteiger partial charge in [0, 0.05) is 6.61 Å². The van der Waals surface area contributed by atoms with Gasteiger partial charge in [-0.05, 0) is 13.0 Å². The maximum Gasteiger partial charge on any atom is 0.0443 e. The summed E-state index contributed by atoms with van der Waals surface area (Å²) in [4.78, 5) is 0. The van der Waals surface area contributed by atoms with E-state index in [1.165, 1.54) is 0 Å². The molecule has 0 aliphatic rings. The van der Waals surface area contributed by atoms with Crippen molar-refractivity contribution in [1.29, 1.82) is 0 Å². The molecule has 0 saturated carbocycles. The lowest BCUT2D eigenvalue weighted by molar-refractivity contribution is 0.291. The predicted octanol–water partition coefficient (Wildman–Crippen LogP) is -0.511. The summed E-state index contributed by atoms with van der Waals surface area (Å²) in [5.41, 5.74) is 4.98. The molecule has 0 bridgehead atoms. The van der Waals surface area contributed by atoms with Gasteiger partial charge in [0.1, 0.15) is 0 Å². The van der Waals surface area contributed by atoms with E-state index in [0.717, 1.165) is 6.42 Å². The molecular formula is C3H12N2O. The van der Waals surface area contributed by atoms with E-state index in [9.17, 15) is 0 Å². The van der Waals surface area contributed by atoms with Crippen LogP contribution in [0.3, 0.4) is 0 Å². The van der Waals surface area contributed by atoms with Crippen molar-refractivity contribution >= 4 is 0 Å². The lowest BCUT2D eigenvalue weighted by atomic mass is 10.5. The van der Waals surface area contributed by atoms with Crippen molar-refractivity contribution in [3.05, 3.63) is 0 Å². The molecule has 0 aromatic rings. The Morgan fingerprint density at radius 2 is 2.00 bits per heavy atom. The average Bonchev–Trinajstić information content (AvgIpc) is 1.41. The summed E-state index contributed by atoms with van der Waals surface area (Å²) >= 11 is 0. The quantitative estimate of drug-likeness (QED) is 0.429. The minimum absolute atomic E-state index is 0. The zero-order chi connectivity index (χ0) is 4.12. The normalized spacial score (nSPS) is 7.00. The number of nitrogens with two attached hydrogens (primary N) is 1. The number of aliphatic hydroxyl groups excluding tert-OH is 1. The fourth-order valence-corrected chi connectivity index (χ4v) is 0.0913. The van der Waals surface area contributed by atoms with Crippen molar-refractivity contribution in [1.82, 2.24) is 6.15 Å². The molecule has 0 aliphatic carbocycles. The molecule has 0 unspecified atom stereocenters. The van der Waals surface area contributed by atoms with Crippen LogP contribution in [0.1, 0.15) is 6.42 Å². The first-order valence-electron chi connectivity index (χ1n) is 1.72. The van der Waals surface area contributed by atoms with Gasteiger partial charge in [-0.3, -0.25) is 0 Å². The van der Waals surface area contributed by atoms with Crippen LogP contribution in [0.25, 0.3) is 0 Å². The van der Waals surface area contributed by atoms with Crippen LogP contribution in [0.15, 0.2) is 0 Å². The van der Waals surface area contributed by atoms with Crippen LogP contribution in [0.2, 0.25) is 0 Å². The molecule has 3 heteroatoms. The fourth-order valence-electron chi connectivity index (χ4n) is 0.0913. The molecule has 6 heavy (non-hydrogen) atoms. The lowest BCUT2D eigenvalue weighted by Crippen LogP contribution is -1.99. The lowest BCUT2D eigenvalue weighted by Gasteiger charge is -1.80. The Labute approximate surface area is 37.7 Å². The van der Waals surface area contributed by atoms with E-state index in [2.05, 4.69) is 0 Å². The molecule has 0 amide bonds. The minimum Gasteiger partial charge on any atom is -0.396 e. The maximum atomic E-state index is 7.99. The summed E-state index contributed by atoms with van der Waals surface area (Å²) in [5, 5.41) is 7.99. The van der Waals surface area contributed by atoms with Crippen molar-refractivity contribution in [2.45, 2.75) is 6.42 Å². The number of hydrogen-bond donors (Lipinski definition) is 3.